The first-order chi connectivity index (χ1) is 14.2. The van der Waals surface area contributed by atoms with Crippen LogP contribution in [0.15, 0.2) is 54.9 Å². The van der Waals surface area contributed by atoms with E-state index in [1.165, 1.54) is 0 Å². The zero-order valence-corrected chi connectivity index (χ0v) is 15.9. The van der Waals surface area contributed by atoms with Crippen molar-refractivity contribution in [3.8, 4) is 0 Å². The Morgan fingerprint density at radius 2 is 1.76 bits per heavy atom. The van der Waals surface area contributed by atoms with Crippen molar-refractivity contribution in [3.63, 3.8) is 0 Å². The lowest BCUT2D eigenvalue weighted by molar-refractivity contribution is -0.131. The van der Waals surface area contributed by atoms with Crippen LogP contribution in [0.3, 0.4) is 0 Å². The Morgan fingerprint density at radius 3 is 2.62 bits per heavy atom. The van der Waals surface area contributed by atoms with Crippen molar-refractivity contribution in [1.29, 1.82) is 0 Å². The lowest BCUT2D eigenvalue weighted by atomic mass is 10.1. The molecular formula is C22H21N5O2. The third-order valence-corrected chi connectivity index (χ3v) is 5.64. The summed E-state index contributed by atoms with van der Waals surface area (Å²) in [5.74, 6) is 0.0705. The summed E-state index contributed by atoms with van der Waals surface area (Å²) in [6.45, 7) is 2.16. The predicted molar refractivity (Wildman–Crippen MR) is 111 cm³/mol. The van der Waals surface area contributed by atoms with Gasteiger partial charge < -0.3 is 14.8 Å². The van der Waals surface area contributed by atoms with Crippen LogP contribution in [0.25, 0.3) is 21.8 Å². The molecule has 29 heavy (non-hydrogen) atoms. The Balaban J connectivity index is 1.25. The molecule has 0 atom stereocenters. The second kappa shape index (κ2) is 7.09. The molecule has 2 N–H and O–H groups in total. The van der Waals surface area contributed by atoms with Gasteiger partial charge in [0.1, 0.15) is 0 Å². The van der Waals surface area contributed by atoms with E-state index in [0.717, 1.165) is 27.4 Å². The number of H-pyrrole nitrogens is 2. The quantitative estimate of drug-likeness (QED) is 0.567. The van der Waals surface area contributed by atoms with Crippen molar-refractivity contribution in [2.24, 2.45) is 0 Å². The molecule has 0 radical (unpaired) electrons. The maximum Gasteiger partial charge on any atom is 0.256 e. The van der Waals surface area contributed by atoms with Crippen LogP contribution in [-0.4, -0.2) is 63.0 Å². The summed E-state index contributed by atoms with van der Waals surface area (Å²) in [6, 6.07) is 13.6. The van der Waals surface area contributed by atoms with E-state index in [1.54, 1.807) is 6.20 Å². The van der Waals surface area contributed by atoms with Gasteiger partial charge in [0.05, 0.1) is 23.7 Å². The van der Waals surface area contributed by atoms with Crippen molar-refractivity contribution in [2.45, 2.75) is 6.42 Å². The van der Waals surface area contributed by atoms with Crippen LogP contribution in [0.4, 0.5) is 0 Å². The van der Waals surface area contributed by atoms with E-state index in [-0.39, 0.29) is 11.8 Å². The minimum absolute atomic E-state index is 0.0245. The maximum atomic E-state index is 13.0. The first-order valence-electron chi connectivity index (χ1n) is 9.75. The molecule has 0 spiro atoms. The molecular weight excluding hydrogens is 366 g/mol. The van der Waals surface area contributed by atoms with Crippen molar-refractivity contribution in [2.75, 3.05) is 26.2 Å². The molecule has 1 aliphatic rings. The number of hydrogen-bond donors (Lipinski definition) is 2. The van der Waals surface area contributed by atoms with Gasteiger partial charge in [-0.2, -0.15) is 5.10 Å². The zero-order valence-electron chi connectivity index (χ0n) is 15.9. The summed E-state index contributed by atoms with van der Waals surface area (Å²) in [4.78, 5) is 32.6. The molecule has 2 aromatic heterocycles. The highest BCUT2D eigenvalue weighted by Gasteiger charge is 2.26. The predicted octanol–water partition coefficient (Wildman–Crippen LogP) is 2.57. The second-order valence-electron chi connectivity index (χ2n) is 7.35. The van der Waals surface area contributed by atoms with Crippen LogP contribution >= 0.6 is 0 Å². The smallest absolute Gasteiger partial charge is 0.256 e. The molecule has 5 rings (SSSR count). The number of carbonyl (C=O) groups excluding carboxylic acids is 2. The summed E-state index contributed by atoms with van der Waals surface area (Å²) in [6.07, 6.45) is 3.99. The molecule has 7 nitrogen and oxygen atoms in total. The highest BCUT2D eigenvalue weighted by molar-refractivity contribution is 6.05. The van der Waals surface area contributed by atoms with E-state index >= 15 is 0 Å². The van der Waals surface area contributed by atoms with Crippen LogP contribution in [-0.2, 0) is 11.2 Å². The fourth-order valence-electron chi connectivity index (χ4n) is 4.03. The normalized spacial score (nSPS) is 14.6. The number of amides is 2. The largest absolute Gasteiger partial charge is 0.361 e. The number of aromatic amines is 2. The molecule has 7 heteroatoms. The molecule has 1 aliphatic heterocycles. The van der Waals surface area contributed by atoms with Gasteiger partial charge in [-0.3, -0.25) is 14.7 Å². The van der Waals surface area contributed by atoms with Crippen LogP contribution < -0.4 is 0 Å². The Hall–Kier alpha value is -3.61. The first kappa shape index (κ1) is 17.5. The monoisotopic (exact) mass is 387 g/mol. The minimum atomic E-state index is -0.0245. The van der Waals surface area contributed by atoms with E-state index < -0.39 is 0 Å². The third kappa shape index (κ3) is 3.14. The molecule has 0 bridgehead atoms. The molecule has 0 saturated carbocycles. The minimum Gasteiger partial charge on any atom is -0.361 e. The molecule has 2 aromatic carbocycles. The van der Waals surface area contributed by atoms with Gasteiger partial charge in [0.25, 0.3) is 5.91 Å². The number of piperazine rings is 1. The van der Waals surface area contributed by atoms with E-state index in [0.29, 0.717) is 38.2 Å². The number of nitrogens with zero attached hydrogens (tertiary/aromatic N) is 3. The highest BCUT2D eigenvalue weighted by atomic mass is 16.2. The lowest BCUT2D eigenvalue weighted by Crippen LogP contribution is -2.51. The molecule has 1 saturated heterocycles. The van der Waals surface area contributed by atoms with Gasteiger partial charge in [0, 0.05) is 48.7 Å². The van der Waals surface area contributed by atoms with E-state index in [1.807, 2.05) is 58.5 Å². The second-order valence-corrected chi connectivity index (χ2v) is 7.35. The van der Waals surface area contributed by atoms with Crippen molar-refractivity contribution in [3.05, 3.63) is 66.0 Å². The Labute approximate surface area is 167 Å². The average molecular weight is 387 g/mol. The molecule has 1 fully saturated rings. The van der Waals surface area contributed by atoms with Gasteiger partial charge in [0.15, 0.2) is 0 Å². The SMILES string of the molecule is O=C(Cc1c[nH]c2ccccc12)N1CCN(C(=O)c2cccc3cn[nH]c23)CC1. The number of benzene rings is 2. The van der Waals surface area contributed by atoms with E-state index in [4.69, 9.17) is 0 Å². The number of fused-ring (bicyclic) bond motifs is 2. The van der Waals surface area contributed by atoms with Gasteiger partial charge in [-0.1, -0.05) is 30.3 Å². The fourth-order valence-corrected chi connectivity index (χ4v) is 4.03. The van der Waals surface area contributed by atoms with Crippen LogP contribution in [0.1, 0.15) is 15.9 Å². The average Bonchev–Trinajstić information content (AvgIpc) is 3.40. The number of hydrogen-bond acceptors (Lipinski definition) is 3. The van der Waals surface area contributed by atoms with Gasteiger partial charge in [-0.05, 0) is 17.7 Å². The molecule has 2 amide bonds. The van der Waals surface area contributed by atoms with Crippen LogP contribution in [0.5, 0.6) is 0 Å². The van der Waals surface area contributed by atoms with Crippen molar-refractivity contribution in [1.82, 2.24) is 25.0 Å². The summed E-state index contributed by atoms with van der Waals surface area (Å²) in [5, 5.41) is 8.95. The van der Waals surface area contributed by atoms with Crippen LogP contribution in [0.2, 0.25) is 0 Å². The molecule has 3 heterocycles. The number of aromatic nitrogens is 3. The van der Waals surface area contributed by atoms with Crippen molar-refractivity contribution >= 4 is 33.6 Å². The fraction of sp³-hybridized carbons (Fsp3) is 0.227. The standard InChI is InChI=1S/C22H21N5O2/c28-20(12-16-13-23-19-7-2-1-5-17(16)19)26-8-10-27(11-9-26)22(29)18-6-3-4-15-14-24-25-21(15)18/h1-7,13-14,23H,8-12H2,(H,24,25). The van der Waals surface area contributed by atoms with E-state index in [9.17, 15) is 9.59 Å². The Kier molecular flexibility index (Phi) is 4.27. The van der Waals surface area contributed by atoms with Gasteiger partial charge >= 0.3 is 0 Å². The first-order valence-corrected chi connectivity index (χ1v) is 9.75. The lowest BCUT2D eigenvalue weighted by Gasteiger charge is -2.35. The summed E-state index contributed by atoms with van der Waals surface area (Å²) >= 11 is 0. The number of carbonyl (C=O) groups is 2. The molecule has 146 valence electrons. The zero-order chi connectivity index (χ0) is 19.8. The van der Waals surface area contributed by atoms with Gasteiger partial charge in [-0.15, -0.1) is 0 Å². The van der Waals surface area contributed by atoms with Gasteiger partial charge in [0.2, 0.25) is 5.91 Å². The van der Waals surface area contributed by atoms with Crippen LogP contribution in [0, 0.1) is 0 Å². The van der Waals surface area contributed by atoms with Gasteiger partial charge in [-0.25, -0.2) is 0 Å². The maximum absolute atomic E-state index is 13.0. The number of para-hydroxylation sites is 2. The summed E-state index contributed by atoms with van der Waals surface area (Å²) in [5.41, 5.74) is 3.43. The van der Waals surface area contributed by atoms with Crippen molar-refractivity contribution < 1.29 is 9.59 Å². The summed E-state index contributed by atoms with van der Waals surface area (Å²) in [7, 11) is 0. The molecule has 0 aliphatic carbocycles. The Bertz CT molecular complexity index is 1200. The molecule has 4 aromatic rings. The number of nitrogens with one attached hydrogen (secondary N) is 2. The molecule has 0 unspecified atom stereocenters. The highest BCUT2D eigenvalue weighted by Crippen LogP contribution is 2.20. The topological polar surface area (TPSA) is 85.1 Å². The summed E-state index contributed by atoms with van der Waals surface area (Å²) < 4.78 is 0. The van der Waals surface area contributed by atoms with E-state index in [2.05, 4.69) is 15.2 Å². The Morgan fingerprint density at radius 1 is 0.966 bits per heavy atom. The third-order valence-electron chi connectivity index (χ3n) is 5.64. The number of rotatable bonds is 3.